The molecule has 3 heteroatoms. The predicted octanol–water partition coefficient (Wildman–Crippen LogP) is 1.54. The van der Waals surface area contributed by atoms with Crippen molar-refractivity contribution >= 4 is 5.91 Å². The van der Waals surface area contributed by atoms with Crippen LogP contribution in [0.25, 0.3) is 0 Å². The molecule has 1 amide bonds. The fraction of sp³-hybridized carbons (Fsp3) is 0.917. The van der Waals surface area contributed by atoms with Gasteiger partial charge in [-0.1, -0.05) is 20.8 Å². The van der Waals surface area contributed by atoms with E-state index in [0.717, 1.165) is 25.9 Å². The maximum atomic E-state index is 12.0. The minimum atomic E-state index is -0.0253. The van der Waals surface area contributed by atoms with E-state index in [1.54, 1.807) is 0 Å². The third-order valence-corrected chi connectivity index (χ3v) is 3.92. The standard InChI is InChI=1S/C12H24N2O/c1-5-12(4,6-2)14-11(15)9(3)10-7-13-8-10/h9-10,13H,5-8H2,1-4H3,(H,14,15). The third kappa shape index (κ3) is 2.94. The van der Waals surface area contributed by atoms with E-state index < -0.39 is 0 Å². The molecule has 0 aromatic carbocycles. The van der Waals surface area contributed by atoms with Crippen molar-refractivity contribution in [1.82, 2.24) is 10.6 Å². The molecule has 1 fully saturated rings. The number of nitrogens with one attached hydrogen (secondary N) is 2. The fourth-order valence-electron chi connectivity index (χ4n) is 1.72. The summed E-state index contributed by atoms with van der Waals surface area (Å²) in [6.07, 6.45) is 1.98. The molecule has 1 heterocycles. The van der Waals surface area contributed by atoms with Crippen LogP contribution >= 0.6 is 0 Å². The number of amides is 1. The summed E-state index contributed by atoms with van der Waals surface area (Å²) in [5.74, 6) is 0.888. The van der Waals surface area contributed by atoms with Crippen LogP contribution in [0.4, 0.5) is 0 Å². The summed E-state index contributed by atoms with van der Waals surface area (Å²) < 4.78 is 0. The molecule has 0 aromatic heterocycles. The van der Waals surface area contributed by atoms with Gasteiger partial charge < -0.3 is 10.6 Å². The minimum absolute atomic E-state index is 0.0253. The first-order valence-electron chi connectivity index (χ1n) is 6.05. The summed E-state index contributed by atoms with van der Waals surface area (Å²) in [7, 11) is 0. The molecule has 88 valence electrons. The first-order chi connectivity index (χ1) is 7.02. The summed E-state index contributed by atoms with van der Waals surface area (Å²) in [6, 6.07) is 0. The Labute approximate surface area is 93.0 Å². The second-order valence-corrected chi connectivity index (χ2v) is 4.96. The van der Waals surface area contributed by atoms with Gasteiger partial charge in [0.05, 0.1) is 0 Å². The molecule has 15 heavy (non-hydrogen) atoms. The molecule has 0 aliphatic carbocycles. The topological polar surface area (TPSA) is 41.1 Å². The molecule has 1 atom stereocenters. The zero-order chi connectivity index (χ0) is 11.5. The average Bonchev–Trinajstić information content (AvgIpc) is 2.14. The predicted molar refractivity (Wildman–Crippen MR) is 62.7 cm³/mol. The highest BCUT2D eigenvalue weighted by Crippen LogP contribution is 2.19. The molecule has 0 radical (unpaired) electrons. The summed E-state index contributed by atoms with van der Waals surface area (Å²) in [6.45, 7) is 10.4. The first kappa shape index (κ1) is 12.5. The van der Waals surface area contributed by atoms with E-state index in [1.165, 1.54) is 0 Å². The Morgan fingerprint density at radius 3 is 2.33 bits per heavy atom. The molecule has 1 aliphatic rings. The lowest BCUT2D eigenvalue weighted by molar-refractivity contribution is -0.128. The number of rotatable bonds is 5. The normalized spacial score (nSPS) is 19.5. The molecule has 2 N–H and O–H groups in total. The van der Waals surface area contributed by atoms with Crippen LogP contribution in [0.3, 0.4) is 0 Å². The van der Waals surface area contributed by atoms with Crippen LogP contribution < -0.4 is 10.6 Å². The Hall–Kier alpha value is -0.570. The van der Waals surface area contributed by atoms with Gasteiger partial charge in [0.2, 0.25) is 5.91 Å². The molecule has 0 spiro atoms. The Morgan fingerprint density at radius 1 is 1.47 bits per heavy atom. The number of carbonyl (C=O) groups is 1. The molecule has 0 saturated carbocycles. The molecule has 1 unspecified atom stereocenters. The largest absolute Gasteiger partial charge is 0.351 e. The summed E-state index contributed by atoms with van der Waals surface area (Å²) in [5, 5.41) is 6.38. The SMILES string of the molecule is CCC(C)(CC)NC(=O)C(C)C1CNC1. The maximum absolute atomic E-state index is 12.0. The molecule has 1 aliphatic heterocycles. The lowest BCUT2D eigenvalue weighted by Gasteiger charge is -2.35. The van der Waals surface area contributed by atoms with Crippen LogP contribution in [0.2, 0.25) is 0 Å². The van der Waals surface area contributed by atoms with E-state index in [1.807, 2.05) is 6.92 Å². The van der Waals surface area contributed by atoms with Crippen molar-refractivity contribution in [3.8, 4) is 0 Å². The van der Waals surface area contributed by atoms with Gasteiger partial charge in [-0.05, 0) is 38.8 Å². The summed E-state index contributed by atoms with van der Waals surface area (Å²) in [4.78, 5) is 12.0. The lowest BCUT2D eigenvalue weighted by Crippen LogP contribution is -2.53. The molecule has 1 rings (SSSR count). The highest BCUT2D eigenvalue weighted by molar-refractivity contribution is 5.79. The van der Waals surface area contributed by atoms with Crippen LogP contribution in [0.5, 0.6) is 0 Å². The smallest absolute Gasteiger partial charge is 0.223 e. The fourth-order valence-corrected chi connectivity index (χ4v) is 1.72. The Bertz CT molecular complexity index is 220. The van der Waals surface area contributed by atoms with Gasteiger partial charge in [-0.15, -0.1) is 0 Å². The highest BCUT2D eigenvalue weighted by Gasteiger charge is 2.31. The van der Waals surface area contributed by atoms with Gasteiger partial charge in [-0.25, -0.2) is 0 Å². The van der Waals surface area contributed by atoms with Crippen LogP contribution in [0.1, 0.15) is 40.5 Å². The number of hydrogen-bond donors (Lipinski definition) is 2. The van der Waals surface area contributed by atoms with Gasteiger partial charge in [0.25, 0.3) is 0 Å². The van der Waals surface area contributed by atoms with Crippen molar-refractivity contribution in [2.24, 2.45) is 11.8 Å². The maximum Gasteiger partial charge on any atom is 0.223 e. The van der Waals surface area contributed by atoms with E-state index in [0.29, 0.717) is 5.92 Å². The van der Waals surface area contributed by atoms with E-state index >= 15 is 0 Å². The van der Waals surface area contributed by atoms with E-state index in [4.69, 9.17) is 0 Å². The van der Waals surface area contributed by atoms with E-state index in [-0.39, 0.29) is 17.4 Å². The van der Waals surface area contributed by atoms with Crippen molar-refractivity contribution in [2.45, 2.75) is 46.1 Å². The Balaban J connectivity index is 2.45. The van der Waals surface area contributed by atoms with E-state index in [9.17, 15) is 4.79 Å². The highest BCUT2D eigenvalue weighted by atomic mass is 16.2. The van der Waals surface area contributed by atoms with Crippen LogP contribution in [-0.2, 0) is 4.79 Å². The molecular weight excluding hydrogens is 188 g/mol. The molecule has 0 bridgehead atoms. The lowest BCUT2D eigenvalue weighted by atomic mass is 9.86. The minimum Gasteiger partial charge on any atom is -0.351 e. The number of hydrogen-bond acceptors (Lipinski definition) is 2. The summed E-state index contributed by atoms with van der Waals surface area (Å²) >= 11 is 0. The van der Waals surface area contributed by atoms with Gasteiger partial charge in [-0.3, -0.25) is 4.79 Å². The average molecular weight is 212 g/mol. The number of carbonyl (C=O) groups excluding carboxylic acids is 1. The van der Waals surface area contributed by atoms with E-state index in [2.05, 4.69) is 31.4 Å². The van der Waals surface area contributed by atoms with Gasteiger partial charge >= 0.3 is 0 Å². The van der Waals surface area contributed by atoms with Gasteiger partial charge in [-0.2, -0.15) is 0 Å². The van der Waals surface area contributed by atoms with Gasteiger partial charge in [0.1, 0.15) is 0 Å². The quantitative estimate of drug-likeness (QED) is 0.726. The molecule has 1 saturated heterocycles. The Morgan fingerprint density at radius 2 is 2.00 bits per heavy atom. The van der Waals surface area contributed by atoms with Crippen molar-refractivity contribution in [2.75, 3.05) is 13.1 Å². The molecular formula is C12H24N2O. The molecule has 3 nitrogen and oxygen atoms in total. The second kappa shape index (κ2) is 4.97. The summed E-state index contributed by atoms with van der Waals surface area (Å²) in [5.41, 5.74) is -0.0253. The van der Waals surface area contributed by atoms with Crippen LogP contribution in [0.15, 0.2) is 0 Å². The van der Waals surface area contributed by atoms with Crippen LogP contribution in [-0.4, -0.2) is 24.5 Å². The van der Waals surface area contributed by atoms with Crippen molar-refractivity contribution in [3.05, 3.63) is 0 Å². The van der Waals surface area contributed by atoms with Gasteiger partial charge in [0.15, 0.2) is 0 Å². The zero-order valence-corrected chi connectivity index (χ0v) is 10.4. The monoisotopic (exact) mass is 212 g/mol. The first-order valence-corrected chi connectivity index (χ1v) is 6.05. The Kier molecular flexibility index (Phi) is 4.14. The molecule has 0 aromatic rings. The zero-order valence-electron chi connectivity index (χ0n) is 10.4. The van der Waals surface area contributed by atoms with Crippen molar-refractivity contribution in [1.29, 1.82) is 0 Å². The third-order valence-electron chi connectivity index (χ3n) is 3.92. The van der Waals surface area contributed by atoms with Crippen molar-refractivity contribution in [3.63, 3.8) is 0 Å². The van der Waals surface area contributed by atoms with Crippen molar-refractivity contribution < 1.29 is 4.79 Å². The van der Waals surface area contributed by atoms with Crippen LogP contribution in [0, 0.1) is 11.8 Å². The second-order valence-electron chi connectivity index (χ2n) is 4.96. The van der Waals surface area contributed by atoms with Gasteiger partial charge in [0, 0.05) is 11.5 Å².